The second-order valence-electron chi connectivity index (χ2n) is 5.45. The standard InChI is InChI=1S/C16H14ClN3O3S2/c1-9-18-13(7-24-9)4-14-19-20-16(23-14)25-6-11-3-12(17)2-10-5-21-8-22-15(10)11/h2-3,7H,4-6,8H2,1H3. The van der Waals surface area contributed by atoms with Gasteiger partial charge in [0.2, 0.25) is 5.89 Å². The van der Waals surface area contributed by atoms with Crippen molar-refractivity contribution in [1.29, 1.82) is 0 Å². The molecule has 0 saturated heterocycles. The highest BCUT2D eigenvalue weighted by Crippen LogP contribution is 2.35. The number of aromatic nitrogens is 3. The molecule has 3 aromatic rings. The Bertz CT molecular complexity index is 897. The van der Waals surface area contributed by atoms with Crippen LogP contribution in [0.4, 0.5) is 0 Å². The van der Waals surface area contributed by atoms with Crippen molar-refractivity contribution in [2.24, 2.45) is 0 Å². The number of hydrogen-bond acceptors (Lipinski definition) is 8. The van der Waals surface area contributed by atoms with Crippen LogP contribution in [-0.4, -0.2) is 22.0 Å². The lowest BCUT2D eigenvalue weighted by atomic mass is 10.1. The van der Waals surface area contributed by atoms with Crippen molar-refractivity contribution in [3.8, 4) is 5.75 Å². The number of fused-ring (bicyclic) bond motifs is 1. The third kappa shape index (κ3) is 3.98. The molecule has 0 fully saturated rings. The lowest BCUT2D eigenvalue weighted by molar-refractivity contribution is -0.0168. The van der Waals surface area contributed by atoms with Gasteiger partial charge in [0, 0.05) is 27.3 Å². The minimum absolute atomic E-state index is 0.254. The van der Waals surface area contributed by atoms with Gasteiger partial charge in [0.15, 0.2) is 6.79 Å². The first-order valence-electron chi connectivity index (χ1n) is 7.55. The molecule has 0 atom stereocenters. The number of aryl methyl sites for hydroxylation is 1. The highest BCUT2D eigenvalue weighted by molar-refractivity contribution is 7.98. The Labute approximate surface area is 157 Å². The van der Waals surface area contributed by atoms with E-state index in [1.807, 2.05) is 24.4 Å². The molecular weight excluding hydrogens is 382 g/mol. The fourth-order valence-corrected chi connectivity index (χ4v) is 4.14. The first-order chi connectivity index (χ1) is 12.2. The Balaban J connectivity index is 1.44. The molecule has 1 aromatic carbocycles. The summed E-state index contributed by atoms with van der Waals surface area (Å²) in [6.45, 7) is 2.73. The van der Waals surface area contributed by atoms with Gasteiger partial charge >= 0.3 is 0 Å². The highest BCUT2D eigenvalue weighted by atomic mass is 35.5. The number of rotatable bonds is 5. The van der Waals surface area contributed by atoms with Crippen LogP contribution >= 0.6 is 34.7 Å². The maximum absolute atomic E-state index is 6.18. The topological polar surface area (TPSA) is 70.3 Å². The molecule has 1 aliphatic heterocycles. The Hall–Kier alpha value is -1.61. The summed E-state index contributed by atoms with van der Waals surface area (Å²) in [5.41, 5.74) is 2.89. The molecule has 0 saturated carbocycles. The Morgan fingerprint density at radius 3 is 3.08 bits per heavy atom. The van der Waals surface area contributed by atoms with Crippen molar-refractivity contribution in [2.75, 3.05) is 6.79 Å². The van der Waals surface area contributed by atoms with Crippen LogP contribution in [0, 0.1) is 6.92 Å². The normalized spacial score (nSPS) is 13.5. The van der Waals surface area contributed by atoms with Gasteiger partial charge in [-0.3, -0.25) is 0 Å². The molecule has 0 spiro atoms. The first-order valence-corrected chi connectivity index (χ1v) is 9.80. The minimum Gasteiger partial charge on any atom is -0.467 e. The van der Waals surface area contributed by atoms with E-state index in [0.717, 1.165) is 27.6 Å². The van der Waals surface area contributed by atoms with Gasteiger partial charge in [-0.25, -0.2) is 4.98 Å². The van der Waals surface area contributed by atoms with Gasteiger partial charge in [0.1, 0.15) is 5.75 Å². The number of hydrogen-bond donors (Lipinski definition) is 0. The zero-order valence-corrected chi connectivity index (χ0v) is 15.7. The summed E-state index contributed by atoms with van der Waals surface area (Å²) in [6.07, 6.45) is 0.547. The van der Waals surface area contributed by atoms with Crippen LogP contribution in [0.15, 0.2) is 27.2 Å². The lowest BCUT2D eigenvalue weighted by Crippen LogP contribution is -2.12. The molecule has 2 aromatic heterocycles. The zero-order chi connectivity index (χ0) is 17.2. The molecule has 130 valence electrons. The van der Waals surface area contributed by atoms with Crippen molar-refractivity contribution in [1.82, 2.24) is 15.2 Å². The molecule has 0 bridgehead atoms. The molecule has 9 heteroatoms. The van der Waals surface area contributed by atoms with E-state index in [-0.39, 0.29) is 6.79 Å². The molecule has 0 aliphatic carbocycles. The predicted octanol–water partition coefficient (Wildman–Crippen LogP) is 4.24. The smallest absolute Gasteiger partial charge is 0.276 e. The Morgan fingerprint density at radius 1 is 1.32 bits per heavy atom. The molecule has 4 rings (SSSR count). The molecule has 0 radical (unpaired) electrons. The highest BCUT2D eigenvalue weighted by Gasteiger charge is 2.18. The average Bonchev–Trinajstić information content (AvgIpc) is 3.21. The minimum atomic E-state index is 0.254. The summed E-state index contributed by atoms with van der Waals surface area (Å²) in [5, 5.41) is 12.4. The van der Waals surface area contributed by atoms with E-state index in [4.69, 9.17) is 25.5 Å². The summed E-state index contributed by atoms with van der Waals surface area (Å²) in [4.78, 5) is 4.41. The number of benzene rings is 1. The van der Waals surface area contributed by atoms with E-state index >= 15 is 0 Å². The molecule has 0 amide bonds. The van der Waals surface area contributed by atoms with Crippen LogP contribution in [0.1, 0.15) is 27.7 Å². The zero-order valence-electron chi connectivity index (χ0n) is 13.3. The van der Waals surface area contributed by atoms with Crippen molar-refractivity contribution >= 4 is 34.7 Å². The van der Waals surface area contributed by atoms with Crippen LogP contribution < -0.4 is 4.74 Å². The van der Waals surface area contributed by atoms with E-state index in [0.29, 0.717) is 34.9 Å². The van der Waals surface area contributed by atoms with E-state index in [9.17, 15) is 0 Å². The monoisotopic (exact) mass is 395 g/mol. The molecule has 0 unspecified atom stereocenters. The summed E-state index contributed by atoms with van der Waals surface area (Å²) >= 11 is 9.25. The third-order valence-electron chi connectivity index (χ3n) is 3.55. The molecular formula is C16H14ClN3O3S2. The summed E-state index contributed by atoms with van der Waals surface area (Å²) in [6, 6.07) is 3.76. The second-order valence-corrected chi connectivity index (χ2v) is 7.87. The SMILES string of the molecule is Cc1nc(Cc2nnc(SCc3cc(Cl)cc4c3OCOC4)o2)cs1. The molecule has 3 heterocycles. The van der Waals surface area contributed by atoms with Gasteiger partial charge in [-0.1, -0.05) is 23.4 Å². The number of thiazole rings is 1. The van der Waals surface area contributed by atoms with Crippen LogP contribution in [0.2, 0.25) is 5.02 Å². The summed E-state index contributed by atoms with van der Waals surface area (Å²) < 4.78 is 16.6. The molecule has 1 aliphatic rings. The van der Waals surface area contributed by atoms with Gasteiger partial charge < -0.3 is 13.9 Å². The van der Waals surface area contributed by atoms with Crippen LogP contribution in [0.5, 0.6) is 5.75 Å². The number of thioether (sulfide) groups is 1. The van der Waals surface area contributed by atoms with E-state index in [1.165, 1.54) is 11.8 Å². The summed E-state index contributed by atoms with van der Waals surface area (Å²) in [7, 11) is 0. The first kappa shape index (κ1) is 16.8. The molecule has 0 N–H and O–H groups in total. The molecule has 25 heavy (non-hydrogen) atoms. The summed E-state index contributed by atoms with van der Waals surface area (Å²) in [5.74, 6) is 2.02. The number of ether oxygens (including phenoxy) is 2. The van der Waals surface area contributed by atoms with Gasteiger partial charge in [-0.2, -0.15) is 0 Å². The van der Waals surface area contributed by atoms with Gasteiger partial charge in [0.05, 0.1) is 23.7 Å². The second kappa shape index (κ2) is 7.33. The maximum Gasteiger partial charge on any atom is 0.276 e. The number of nitrogens with zero attached hydrogens (tertiary/aromatic N) is 3. The lowest BCUT2D eigenvalue weighted by Gasteiger charge is -2.20. The van der Waals surface area contributed by atoms with Gasteiger partial charge in [-0.05, 0) is 19.1 Å². The van der Waals surface area contributed by atoms with Crippen molar-refractivity contribution in [2.45, 2.75) is 30.9 Å². The van der Waals surface area contributed by atoms with Crippen LogP contribution in [0.25, 0.3) is 0 Å². The third-order valence-corrected chi connectivity index (χ3v) is 5.46. The van der Waals surface area contributed by atoms with Gasteiger partial charge in [-0.15, -0.1) is 21.5 Å². The average molecular weight is 396 g/mol. The predicted molar refractivity (Wildman–Crippen MR) is 95.3 cm³/mol. The maximum atomic E-state index is 6.18. The molecule has 6 nitrogen and oxygen atoms in total. The Kier molecular flexibility index (Phi) is 4.93. The Morgan fingerprint density at radius 2 is 2.24 bits per heavy atom. The quantitative estimate of drug-likeness (QED) is 0.598. The van der Waals surface area contributed by atoms with Crippen molar-refractivity contribution in [3.63, 3.8) is 0 Å². The van der Waals surface area contributed by atoms with E-state index in [2.05, 4.69) is 15.2 Å². The van der Waals surface area contributed by atoms with E-state index in [1.54, 1.807) is 11.3 Å². The van der Waals surface area contributed by atoms with Crippen LogP contribution in [-0.2, 0) is 23.5 Å². The fourth-order valence-electron chi connectivity index (χ4n) is 2.52. The van der Waals surface area contributed by atoms with Crippen molar-refractivity contribution in [3.05, 3.63) is 50.3 Å². The van der Waals surface area contributed by atoms with Gasteiger partial charge in [0.25, 0.3) is 5.22 Å². The largest absolute Gasteiger partial charge is 0.467 e. The van der Waals surface area contributed by atoms with Crippen LogP contribution in [0.3, 0.4) is 0 Å². The van der Waals surface area contributed by atoms with Crippen molar-refractivity contribution < 1.29 is 13.9 Å². The number of halogens is 1. The van der Waals surface area contributed by atoms with E-state index < -0.39 is 0 Å². The fraction of sp³-hybridized carbons (Fsp3) is 0.312.